The van der Waals surface area contributed by atoms with Crippen molar-refractivity contribution in [1.29, 1.82) is 0 Å². The van der Waals surface area contributed by atoms with E-state index in [1.165, 1.54) is 0 Å². The molecule has 0 heterocycles. The molecule has 1 N–H and O–H groups in total. The molecule has 1 saturated carbocycles. The monoisotopic (exact) mass is 254 g/mol. The third kappa shape index (κ3) is 3.34. The number of halogens is 2. The third-order valence-corrected chi connectivity index (χ3v) is 3.48. The van der Waals surface area contributed by atoms with Gasteiger partial charge in [0.05, 0.1) is 0 Å². The van der Waals surface area contributed by atoms with Crippen LogP contribution in [0.3, 0.4) is 0 Å². The van der Waals surface area contributed by atoms with E-state index in [9.17, 15) is 8.78 Å². The van der Waals surface area contributed by atoms with Crippen molar-refractivity contribution in [2.75, 3.05) is 30.9 Å². The van der Waals surface area contributed by atoms with Crippen LogP contribution in [-0.4, -0.2) is 26.6 Å². The molecular weight excluding hydrogens is 234 g/mol. The molecule has 0 aliphatic heterocycles. The fourth-order valence-corrected chi connectivity index (χ4v) is 2.36. The quantitative estimate of drug-likeness (QED) is 0.883. The van der Waals surface area contributed by atoms with Gasteiger partial charge in [0, 0.05) is 44.9 Å². The van der Waals surface area contributed by atoms with Crippen LogP contribution in [0.2, 0.25) is 0 Å². The summed E-state index contributed by atoms with van der Waals surface area (Å²) >= 11 is 0. The number of benzene rings is 1. The van der Waals surface area contributed by atoms with E-state index < -0.39 is 5.92 Å². The zero-order valence-corrected chi connectivity index (χ0v) is 10.9. The number of hydrogen-bond donors (Lipinski definition) is 1. The highest BCUT2D eigenvalue weighted by atomic mass is 19.3. The number of nitrogens with one attached hydrogen (secondary N) is 1. The summed E-state index contributed by atoms with van der Waals surface area (Å²) in [5, 5.41) is 3.24. The van der Waals surface area contributed by atoms with Crippen LogP contribution in [-0.2, 0) is 0 Å². The highest BCUT2D eigenvalue weighted by Crippen LogP contribution is 2.38. The van der Waals surface area contributed by atoms with Gasteiger partial charge in [-0.05, 0) is 36.6 Å². The Hall–Kier alpha value is -1.32. The molecule has 1 fully saturated rings. The normalized spacial score (nSPS) is 21.9. The molecule has 1 aromatic rings. The lowest BCUT2D eigenvalue weighted by atomic mass is 10.1. The third-order valence-electron chi connectivity index (χ3n) is 3.48. The summed E-state index contributed by atoms with van der Waals surface area (Å²) < 4.78 is 26.1. The van der Waals surface area contributed by atoms with Crippen molar-refractivity contribution in [3.63, 3.8) is 0 Å². The molecule has 0 amide bonds. The minimum Gasteiger partial charge on any atom is -0.385 e. The summed E-state index contributed by atoms with van der Waals surface area (Å²) in [5.41, 5.74) is 2.13. The van der Waals surface area contributed by atoms with E-state index in [4.69, 9.17) is 0 Å². The Morgan fingerprint density at radius 1 is 1.28 bits per heavy atom. The van der Waals surface area contributed by atoms with Crippen LogP contribution < -0.4 is 10.2 Å². The Balaban J connectivity index is 1.84. The second-order valence-electron chi connectivity index (χ2n) is 5.29. The maximum absolute atomic E-state index is 13.0. The van der Waals surface area contributed by atoms with Crippen LogP contribution in [0.5, 0.6) is 0 Å². The molecule has 1 aliphatic carbocycles. The zero-order chi connectivity index (χ0) is 13.2. The van der Waals surface area contributed by atoms with Gasteiger partial charge in [0.1, 0.15) is 0 Å². The topological polar surface area (TPSA) is 15.3 Å². The number of rotatable bonds is 4. The molecule has 100 valence electrons. The van der Waals surface area contributed by atoms with Crippen molar-refractivity contribution in [3.05, 3.63) is 24.3 Å². The SMILES string of the molecule is CN(C)c1ccc(NCC2CCC(F)(F)C2)cc1. The minimum absolute atomic E-state index is 0.0236. The van der Waals surface area contributed by atoms with Gasteiger partial charge in [-0.1, -0.05) is 0 Å². The zero-order valence-electron chi connectivity index (χ0n) is 10.9. The molecule has 2 nitrogen and oxygen atoms in total. The molecular formula is C14H20F2N2. The van der Waals surface area contributed by atoms with Gasteiger partial charge in [0.25, 0.3) is 0 Å². The molecule has 0 spiro atoms. The first-order chi connectivity index (χ1) is 8.46. The van der Waals surface area contributed by atoms with E-state index in [-0.39, 0.29) is 18.8 Å². The van der Waals surface area contributed by atoms with Crippen molar-refractivity contribution in [2.45, 2.75) is 25.2 Å². The highest BCUT2D eigenvalue weighted by Gasteiger charge is 2.38. The van der Waals surface area contributed by atoms with Crippen LogP contribution in [0.1, 0.15) is 19.3 Å². The summed E-state index contributed by atoms with van der Waals surface area (Å²) in [7, 11) is 3.98. The lowest BCUT2D eigenvalue weighted by Crippen LogP contribution is -2.15. The van der Waals surface area contributed by atoms with E-state index in [1.54, 1.807) is 0 Å². The molecule has 18 heavy (non-hydrogen) atoms. The van der Waals surface area contributed by atoms with Gasteiger partial charge in [-0.2, -0.15) is 0 Å². The number of alkyl halides is 2. The van der Waals surface area contributed by atoms with Crippen LogP contribution in [0.25, 0.3) is 0 Å². The average molecular weight is 254 g/mol. The smallest absolute Gasteiger partial charge is 0.248 e. The molecule has 0 aromatic heterocycles. The average Bonchev–Trinajstić information content (AvgIpc) is 2.67. The highest BCUT2D eigenvalue weighted by molar-refractivity contribution is 5.54. The lowest BCUT2D eigenvalue weighted by molar-refractivity contribution is 0.00556. The van der Waals surface area contributed by atoms with Gasteiger partial charge in [-0.15, -0.1) is 0 Å². The van der Waals surface area contributed by atoms with Gasteiger partial charge in [-0.3, -0.25) is 0 Å². The van der Waals surface area contributed by atoms with E-state index in [1.807, 2.05) is 43.3 Å². The largest absolute Gasteiger partial charge is 0.385 e. The standard InChI is InChI=1S/C14H20F2N2/c1-18(2)13-5-3-12(4-6-13)17-10-11-7-8-14(15,16)9-11/h3-6,11,17H,7-10H2,1-2H3. The van der Waals surface area contributed by atoms with Gasteiger partial charge in [0.2, 0.25) is 5.92 Å². The molecule has 1 aliphatic rings. The predicted octanol–water partition coefficient (Wildman–Crippen LogP) is 3.60. The maximum atomic E-state index is 13.0. The van der Waals surface area contributed by atoms with Crippen LogP contribution in [0.4, 0.5) is 20.2 Å². The van der Waals surface area contributed by atoms with Crippen molar-refractivity contribution in [3.8, 4) is 0 Å². The summed E-state index contributed by atoms with van der Waals surface area (Å²) in [4.78, 5) is 2.03. The second-order valence-corrected chi connectivity index (χ2v) is 5.29. The van der Waals surface area contributed by atoms with E-state index in [0.717, 1.165) is 11.4 Å². The molecule has 1 atom stereocenters. The van der Waals surface area contributed by atoms with Crippen molar-refractivity contribution >= 4 is 11.4 Å². The fraction of sp³-hybridized carbons (Fsp3) is 0.571. The van der Waals surface area contributed by atoms with Crippen LogP contribution in [0, 0.1) is 5.92 Å². The number of hydrogen-bond acceptors (Lipinski definition) is 2. The number of anilines is 2. The molecule has 0 radical (unpaired) electrons. The Bertz CT molecular complexity index is 387. The van der Waals surface area contributed by atoms with Gasteiger partial charge in [-0.25, -0.2) is 8.78 Å². The first-order valence-corrected chi connectivity index (χ1v) is 6.35. The van der Waals surface area contributed by atoms with Crippen molar-refractivity contribution in [1.82, 2.24) is 0 Å². The van der Waals surface area contributed by atoms with Crippen LogP contribution in [0.15, 0.2) is 24.3 Å². The Kier molecular flexibility index (Phi) is 3.73. The van der Waals surface area contributed by atoms with E-state index in [0.29, 0.717) is 13.0 Å². The summed E-state index contributed by atoms with van der Waals surface area (Å²) in [6.07, 6.45) is 0.685. The van der Waals surface area contributed by atoms with Crippen molar-refractivity contribution < 1.29 is 8.78 Å². The summed E-state index contributed by atoms with van der Waals surface area (Å²) in [6, 6.07) is 8.02. The Morgan fingerprint density at radius 3 is 2.44 bits per heavy atom. The number of nitrogens with zero attached hydrogens (tertiary/aromatic N) is 1. The van der Waals surface area contributed by atoms with Crippen LogP contribution >= 0.6 is 0 Å². The van der Waals surface area contributed by atoms with E-state index in [2.05, 4.69) is 5.32 Å². The molecule has 4 heteroatoms. The second kappa shape index (κ2) is 5.12. The fourth-order valence-electron chi connectivity index (χ4n) is 2.36. The van der Waals surface area contributed by atoms with Gasteiger partial charge >= 0.3 is 0 Å². The molecule has 0 saturated heterocycles. The molecule has 1 unspecified atom stereocenters. The molecule has 0 bridgehead atoms. The first-order valence-electron chi connectivity index (χ1n) is 6.35. The minimum atomic E-state index is -2.44. The Labute approximate surface area is 107 Å². The van der Waals surface area contributed by atoms with E-state index >= 15 is 0 Å². The Morgan fingerprint density at radius 2 is 1.94 bits per heavy atom. The van der Waals surface area contributed by atoms with Gasteiger partial charge < -0.3 is 10.2 Å². The summed E-state index contributed by atoms with van der Waals surface area (Å²) in [6.45, 7) is 0.636. The molecule has 1 aromatic carbocycles. The first kappa shape index (κ1) is 13.1. The van der Waals surface area contributed by atoms with Gasteiger partial charge in [0.15, 0.2) is 0 Å². The lowest BCUT2D eigenvalue weighted by Gasteiger charge is -2.15. The maximum Gasteiger partial charge on any atom is 0.248 e. The predicted molar refractivity (Wildman–Crippen MR) is 71.5 cm³/mol. The molecule has 2 rings (SSSR count). The van der Waals surface area contributed by atoms with Crippen molar-refractivity contribution in [2.24, 2.45) is 5.92 Å². The summed E-state index contributed by atoms with van der Waals surface area (Å²) in [5.74, 6) is -2.35.